The van der Waals surface area contributed by atoms with E-state index in [1.165, 1.54) is 7.11 Å². The first-order valence-corrected chi connectivity index (χ1v) is 9.91. The largest absolute Gasteiger partial charge is 0.452 e. The Morgan fingerprint density at radius 2 is 2.00 bits per heavy atom. The first-order chi connectivity index (χ1) is 14.1. The zero-order valence-electron chi connectivity index (χ0n) is 16.7. The predicted molar refractivity (Wildman–Crippen MR) is 110 cm³/mol. The summed E-state index contributed by atoms with van der Waals surface area (Å²) >= 11 is 0. The summed E-state index contributed by atoms with van der Waals surface area (Å²) in [6.45, 7) is 3.84. The standard InChI is InChI=1S/C21H26N4O4/c1-14-13-24(20(26)29-17-4-3-8-22-12-17)19-10-15(16-7-9-23-11-16)5-6-18(19)25(14)21(27)28-2/h5-7,9-11,14,17,22-23H,3-4,8,12-13H2,1-2H3. The molecule has 1 fully saturated rings. The van der Waals surface area contributed by atoms with Gasteiger partial charge in [0.25, 0.3) is 0 Å². The smallest absolute Gasteiger partial charge is 0.414 e. The highest BCUT2D eigenvalue weighted by Crippen LogP contribution is 2.39. The van der Waals surface area contributed by atoms with Gasteiger partial charge in [-0.3, -0.25) is 9.80 Å². The number of aromatic nitrogens is 1. The van der Waals surface area contributed by atoms with Gasteiger partial charge in [-0.05, 0) is 55.6 Å². The molecule has 8 heteroatoms. The molecule has 2 unspecified atom stereocenters. The lowest BCUT2D eigenvalue weighted by Gasteiger charge is -2.40. The molecule has 154 valence electrons. The van der Waals surface area contributed by atoms with Crippen LogP contribution in [0.1, 0.15) is 19.8 Å². The number of rotatable bonds is 2. The Morgan fingerprint density at radius 1 is 1.14 bits per heavy atom. The first-order valence-electron chi connectivity index (χ1n) is 9.91. The van der Waals surface area contributed by atoms with E-state index < -0.39 is 6.09 Å². The van der Waals surface area contributed by atoms with Crippen LogP contribution in [0.25, 0.3) is 11.1 Å². The highest BCUT2D eigenvalue weighted by molar-refractivity contribution is 6.01. The van der Waals surface area contributed by atoms with Crippen molar-refractivity contribution in [3.8, 4) is 11.1 Å². The fourth-order valence-corrected chi connectivity index (χ4v) is 3.98. The van der Waals surface area contributed by atoms with Crippen LogP contribution in [0.15, 0.2) is 36.7 Å². The number of hydrogen-bond acceptors (Lipinski definition) is 5. The van der Waals surface area contributed by atoms with Crippen molar-refractivity contribution < 1.29 is 19.1 Å². The van der Waals surface area contributed by atoms with Gasteiger partial charge in [-0.25, -0.2) is 9.59 Å². The number of H-pyrrole nitrogens is 1. The summed E-state index contributed by atoms with van der Waals surface area (Å²) in [5, 5.41) is 3.26. The monoisotopic (exact) mass is 398 g/mol. The average molecular weight is 398 g/mol. The highest BCUT2D eigenvalue weighted by Gasteiger charge is 2.37. The predicted octanol–water partition coefficient (Wildman–Crippen LogP) is 3.35. The van der Waals surface area contributed by atoms with Gasteiger partial charge in [0, 0.05) is 18.9 Å². The van der Waals surface area contributed by atoms with Crippen LogP contribution in [0.3, 0.4) is 0 Å². The zero-order chi connectivity index (χ0) is 20.4. The second kappa shape index (κ2) is 8.16. The van der Waals surface area contributed by atoms with Gasteiger partial charge in [-0.15, -0.1) is 0 Å². The molecular weight excluding hydrogens is 372 g/mol. The van der Waals surface area contributed by atoms with Gasteiger partial charge in [0.15, 0.2) is 0 Å². The molecule has 1 aromatic carbocycles. The molecule has 1 saturated heterocycles. The summed E-state index contributed by atoms with van der Waals surface area (Å²) in [6, 6.07) is 7.42. The summed E-state index contributed by atoms with van der Waals surface area (Å²) in [5.41, 5.74) is 3.22. The Labute approximate surface area is 169 Å². The molecule has 0 saturated carbocycles. The number of amides is 2. The number of hydrogen-bond donors (Lipinski definition) is 2. The van der Waals surface area contributed by atoms with Gasteiger partial charge < -0.3 is 19.8 Å². The Hall–Kier alpha value is -3.00. The minimum atomic E-state index is -0.447. The molecule has 2 aliphatic heterocycles. The molecule has 0 spiro atoms. The number of benzene rings is 1. The lowest BCUT2D eigenvalue weighted by atomic mass is 10.0. The fourth-order valence-electron chi connectivity index (χ4n) is 3.98. The molecule has 8 nitrogen and oxygen atoms in total. The number of carbonyl (C=O) groups excluding carboxylic acids is 2. The van der Waals surface area contributed by atoms with E-state index in [9.17, 15) is 9.59 Å². The molecule has 29 heavy (non-hydrogen) atoms. The molecule has 4 rings (SSSR count). The van der Waals surface area contributed by atoms with Gasteiger partial charge in [0.2, 0.25) is 0 Å². The molecule has 2 amide bonds. The summed E-state index contributed by atoms with van der Waals surface area (Å²) in [7, 11) is 1.36. The Morgan fingerprint density at radius 3 is 2.69 bits per heavy atom. The number of nitrogens with zero attached hydrogens (tertiary/aromatic N) is 2. The van der Waals surface area contributed by atoms with Crippen LogP contribution >= 0.6 is 0 Å². The zero-order valence-corrected chi connectivity index (χ0v) is 16.7. The molecule has 0 radical (unpaired) electrons. The third kappa shape index (κ3) is 3.80. The van der Waals surface area contributed by atoms with Crippen LogP contribution in [0, 0.1) is 0 Å². The molecule has 2 N–H and O–H groups in total. The fraction of sp³-hybridized carbons (Fsp3) is 0.429. The normalized spacial score (nSPS) is 21.4. The number of ether oxygens (including phenoxy) is 2. The van der Waals surface area contributed by atoms with E-state index >= 15 is 0 Å². The van der Waals surface area contributed by atoms with Crippen molar-refractivity contribution in [1.82, 2.24) is 10.3 Å². The summed E-state index contributed by atoms with van der Waals surface area (Å²) < 4.78 is 10.7. The Kier molecular flexibility index (Phi) is 5.44. The molecule has 0 aliphatic carbocycles. The van der Waals surface area contributed by atoms with Gasteiger partial charge >= 0.3 is 12.2 Å². The van der Waals surface area contributed by atoms with E-state index in [-0.39, 0.29) is 18.2 Å². The van der Waals surface area contributed by atoms with Crippen LogP contribution in [-0.2, 0) is 9.47 Å². The summed E-state index contributed by atoms with van der Waals surface area (Å²) in [6.07, 6.45) is 4.61. The van der Waals surface area contributed by atoms with E-state index in [1.807, 2.05) is 43.6 Å². The minimum Gasteiger partial charge on any atom is -0.452 e. The number of fused-ring (bicyclic) bond motifs is 1. The first kappa shape index (κ1) is 19.3. The van der Waals surface area contributed by atoms with Crippen LogP contribution in [0.4, 0.5) is 21.0 Å². The third-order valence-corrected chi connectivity index (χ3v) is 5.46. The Balaban J connectivity index is 1.69. The molecule has 2 atom stereocenters. The van der Waals surface area contributed by atoms with Gasteiger partial charge in [0.05, 0.1) is 31.1 Å². The summed E-state index contributed by atoms with van der Waals surface area (Å²) in [4.78, 5) is 31.7. The SMILES string of the molecule is COC(=O)N1c2ccc(-c3cc[nH]c3)cc2N(C(=O)OC2CCCNC2)CC1C. The molecule has 0 bridgehead atoms. The molecule has 1 aromatic heterocycles. The maximum atomic E-state index is 13.1. The topological polar surface area (TPSA) is 86.9 Å². The molecule has 3 heterocycles. The van der Waals surface area contributed by atoms with Crippen molar-refractivity contribution in [1.29, 1.82) is 0 Å². The van der Waals surface area contributed by atoms with Gasteiger partial charge in [-0.2, -0.15) is 0 Å². The maximum absolute atomic E-state index is 13.1. The van der Waals surface area contributed by atoms with E-state index in [4.69, 9.17) is 9.47 Å². The highest BCUT2D eigenvalue weighted by atomic mass is 16.6. The quantitative estimate of drug-likeness (QED) is 0.810. The lowest BCUT2D eigenvalue weighted by Crippen LogP contribution is -2.53. The number of anilines is 2. The van der Waals surface area contributed by atoms with Crippen molar-refractivity contribution in [3.05, 3.63) is 36.7 Å². The number of nitrogens with one attached hydrogen (secondary N) is 2. The van der Waals surface area contributed by atoms with Crippen molar-refractivity contribution in [2.24, 2.45) is 0 Å². The lowest BCUT2D eigenvalue weighted by molar-refractivity contribution is 0.0876. The van der Waals surface area contributed by atoms with Crippen LogP contribution in [-0.4, -0.2) is 56.1 Å². The number of aromatic amines is 1. The van der Waals surface area contributed by atoms with E-state index in [2.05, 4.69) is 10.3 Å². The van der Waals surface area contributed by atoms with Crippen LogP contribution < -0.4 is 15.1 Å². The average Bonchev–Trinajstić information content (AvgIpc) is 3.28. The second-order valence-electron chi connectivity index (χ2n) is 7.45. The van der Waals surface area contributed by atoms with E-state index in [0.717, 1.165) is 30.5 Å². The molecular formula is C21H26N4O4. The maximum Gasteiger partial charge on any atom is 0.414 e. The molecule has 2 aromatic rings. The summed E-state index contributed by atoms with van der Waals surface area (Å²) in [5.74, 6) is 0. The van der Waals surface area contributed by atoms with E-state index in [1.54, 1.807) is 9.80 Å². The Bertz CT molecular complexity index is 877. The number of methoxy groups -OCH3 is 1. The van der Waals surface area contributed by atoms with Crippen molar-refractivity contribution in [2.75, 3.05) is 36.5 Å². The van der Waals surface area contributed by atoms with Crippen molar-refractivity contribution in [3.63, 3.8) is 0 Å². The number of piperidine rings is 1. The molecule has 2 aliphatic rings. The van der Waals surface area contributed by atoms with Crippen LogP contribution in [0.5, 0.6) is 0 Å². The van der Waals surface area contributed by atoms with Gasteiger partial charge in [0.1, 0.15) is 6.10 Å². The third-order valence-electron chi connectivity index (χ3n) is 5.46. The number of carbonyl (C=O) groups is 2. The van der Waals surface area contributed by atoms with Crippen molar-refractivity contribution in [2.45, 2.75) is 31.9 Å². The van der Waals surface area contributed by atoms with Crippen LogP contribution in [0.2, 0.25) is 0 Å². The minimum absolute atomic E-state index is 0.138. The van der Waals surface area contributed by atoms with Gasteiger partial charge in [-0.1, -0.05) is 6.07 Å². The van der Waals surface area contributed by atoms with Crippen molar-refractivity contribution >= 4 is 23.6 Å². The van der Waals surface area contributed by atoms with E-state index in [0.29, 0.717) is 24.5 Å². The second-order valence-corrected chi connectivity index (χ2v) is 7.45.